The van der Waals surface area contributed by atoms with Crippen molar-refractivity contribution in [1.29, 1.82) is 5.26 Å². The molecule has 20 heavy (non-hydrogen) atoms. The van der Waals surface area contributed by atoms with Gasteiger partial charge in [-0.3, -0.25) is 4.79 Å². The summed E-state index contributed by atoms with van der Waals surface area (Å²) in [6, 6.07) is 2.19. The highest BCUT2D eigenvalue weighted by Gasteiger charge is 2.23. The predicted octanol–water partition coefficient (Wildman–Crippen LogP) is 1.89. The number of rotatable bonds is 1. The van der Waals surface area contributed by atoms with Gasteiger partial charge < -0.3 is 9.80 Å². The van der Waals surface area contributed by atoms with Gasteiger partial charge in [-0.2, -0.15) is 5.26 Å². The third-order valence-corrected chi connectivity index (χ3v) is 4.21. The van der Waals surface area contributed by atoms with Gasteiger partial charge in [0.25, 0.3) is 0 Å². The summed E-state index contributed by atoms with van der Waals surface area (Å²) in [7, 11) is 0. The summed E-state index contributed by atoms with van der Waals surface area (Å²) in [4.78, 5) is 19.7. The van der Waals surface area contributed by atoms with Crippen LogP contribution in [0, 0.1) is 25.2 Å². The van der Waals surface area contributed by atoms with E-state index >= 15 is 0 Å². The summed E-state index contributed by atoms with van der Waals surface area (Å²) < 4.78 is 0. The number of piperazine rings is 1. The van der Waals surface area contributed by atoms with E-state index in [1.54, 1.807) is 11.8 Å². The molecule has 0 aromatic carbocycles. The molecular formula is C14H17ClN4O. The summed E-state index contributed by atoms with van der Waals surface area (Å²) in [5, 5.41) is 9.89. The normalized spacial score (nSPS) is 15.2. The lowest BCUT2D eigenvalue weighted by Crippen LogP contribution is -2.48. The Labute approximate surface area is 123 Å². The smallest absolute Gasteiger partial charge is 0.219 e. The van der Waals surface area contributed by atoms with Gasteiger partial charge in [0.2, 0.25) is 5.91 Å². The van der Waals surface area contributed by atoms with E-state index in [0.29, 0.717) is 42.6 Å². The topological polar surface area (TPSA) is 60.2 Å². The Balaban J connectivity index is 2.31. The van der Waals surface area contributed by atoms with Crippen molar-refractivity contribution in [3.05, 3.63) is 21.8 Å². The van der Waals surface area contributed by atoms with Gasteiger partial charge in [-0.25, -0.2) is 4.98 Å². The molecule has 2 heterocycles. The minimum atomic E-state index is 0.0848. The van der Waals surface area contributed by atoms with Crippen LogP contribution in [0.15, 0.2) is 0 Å². The number of carbonyl (C=O) groups excluding carboxylic acids is 1. The molecule has 1 aromatic heterocycles. The van der Waals surface area contributed by atoms with Crippen LogP contribution in [0.2, 0.25) is 5.02 Å². The monoisotopic (exact) mass is 292 g/mol. The van der Waals surface area contributed by atoms with Gasteiger partial charge in [-0.1, -0.05) is 11.6 Å². The maximum Gasteiger partial charge on any atom is 0.219 e. The van der Waals surface area contributed by atoms with E-state index in [1.165, 1.54) is 0 Å². The average molecular weight is 293 g/mol. The Bertz CT molecular complexity index is 586. The molecule has 1 saturated heterocycles. The molecule has 2 rings (SSSR count). The lowest BCUT2D eigenvalue weighted by atomic mass is 10.1. The maximum atomic E-state index is 11.3. The Morgan fingerprint density at radius 1 is 1.30 bits per heavy atom. The number of anilines is 1. The largest absolute Gasteiger partial charge is 0.352 e. The molecule has 1 fully saturated rings. The molecule has 5 nitrogen and oxygen atoms in total. The number of amides is 1. The first-order valence-corrected chi connectivity index (χ1v) is 6.90. The highest BCUT2D eigenvalue weighted by atomic mass is 35.5. The first-order chi connectivity index (χ1) is 9.45. The van der Waals surface area contributed by atoms with E-state index < -0.39 is 0 Å². The summed E-state index contributed by atoms with van der Waals surface area (Å²) in [5.41, 5.74) is 2.02. The SMILES string of the molecule is CC(=O)N1CCN(c2nc(C)c(Cl)c(C)c2C#N)CC1. The van der Waals surface area contributed by atoms with Crippen LogP contribution in [-0.2, 0) is 4.79 Å². The van der Waals surface area contributed by atoms with Crippen LogP contribution in [0.1, 0.15) is 23.7 Å². The molecule has 106 valence electrons. The molecule has 0 saturated carbocycles. The Morgan fingerprint density at radius 3 is 2.40 bits per heavy atom. The van der Waals surface area contributed by atoms with Gasteiger partial charge in [0.15, 0.2) is 0 Å². The zero-order valence-electron chi connectivity index (χ0n) is 11.9. The molecule has 1 aliphatic rings. The second kappa shape index (κ2) is 5.68. The van der Waals surface area contributed by atoms with Crippen molar-refractivity contribution in [3.8, 4) is 6.07 Å². The maximum absolute atomic E-state index is 11.3. The van der Waals surface area contributed by atoms with E-state index in [2.05, 4.69) is 11.1 Å². The standard InChI is InChI=1S/C14H17ClN4O/c1-9-12(8-16)14(17-10(2)13(9)15)19-6-4-18(5-7-19)11(3)20/h4-7H2,1-3H3. The van der Waals surface area contributed by atoms with Gasteiger partial charge in [-0.05, 0) is 19.4 Å². The van der Waals surface area contributed by atoms with E-state index in [4.69, 9.17) is 11.6 Å². The number of nitrogens with zero attached hydrogens (tertiary/aromatic N) is 4. The van der Waals surface area contributed by atoms with Crippen LogP contribution in [0.25, 0.3) is 0 Å². The van der Waals surface area contributed by atoms with E-state index in [1.807, 2.05) is 18.7 Å². The van der Waals surface area contributed by atoms with Crippen molar-refractivity contribution < 1.29 is 4.79 Å². The fraction of sp³-hybridized carbons (Fsp3) is 0.500. The number of nitriles is 1. The zero-order chi connectivity index (χ0) is 14.9. The number of halogens is 1. The molecule has 0 unspecified atom stereocenters. The minimum Gasteiger partial charge on any atom is -0.352 e. The summed E-state index contributed by atoms with van der Waals surface area (Å²) >= 11 is 6.15. The number of aromatic nitrogens is 1. The predicted molar refractivity (Wildman–Crippen MR) is 77.9 cm³/mol. The van der Waals surface area contributed by atoms with Crippen molar-refractivity contribution in [2.24, 2.45) is 0 Å². The molecule has 6 heteroatoms. The summed E-state index contributed by atoms with van der Waals surface area (Å²) in [6.07, 6.45) is 0. The number of hydrogen-bond donors (Lipinski definition) is 0. The van der Waals surface area contributed by atoms with Crippen molar-refractivity contribution in [2.45, 2.75) is 20.8 Å². The molecule has 0 bridgehead atoms. The molecule has 1 amide bonds. The van der Waals surface area contributed by atoms with Crippen molar-refractivity contribution in [2.75, 3.05) is 31.1 Å². The molecule has 0 N–H and O–H groups in total. The molecule has 1 aliphatic heterocycles. The van der Waals surface area contributed by atoms with Gasteiger partial charge in [0.05, 0.1) is 16.3 Å². The summed E-state index contributed by atoms with van der Waals surface area (Å²) in [5.74, 6) is 0.761. The number of carbonyl (C=O) groups is 1. The Hall–Kier alpha value is -1.80. The molecule has 0 spiro atoms. The van der Waals surface area contributed by atoms with Crippen molar-refractivity contribution in [3.63, 3.8) is 0 Å². The molecule has 0 atom stereocenters. The number of hydrogen-bond acceptors (Lipinski definition) is 4. The van der Waals surface area contributed by atoms with Crippen LogP contribution in [0.5, 0.6) is 0 Å². The average Bonchev–Trinajstić information content (AvgIpc) is 2.44. The van der Waals surface area contributed by atoms with Crippen LogP contribution >= 0.6 is 11.6 Å². The molecular weight excluding hydrogens is 276 g/mol. The van der Waals surface area contributed by atoms with Gasteiger partial charge in [0, 0.05) is 33.1 Å². The lowest BCUT2D eigenvalue weighted by molar-refractivity contribution is -0.129. The number of aryl methyl sites for hydroxylation is 1. The Morgan fingerprint density at radius 2 is 1.90 bits per heavy atom. The molecule has 0 radical (unpaired) electrons. The van der Waals surface area contributed by atoms with E-state index in [-0.39, 0.29) is 5.91 Å². The fourth-order valence-corrected chi connectivity index (χ4v) is 2.55. The first-order valence-electron chi connectivity index (χ1n) is 6.53. The van der Waals surface area contributed by atoms with Gasteiger partial charge in [-0.15, -0.1) is 0 Å². The third-order valence-electron chi connectivity index (χ3n) is 3.66. The van der Waals surface area contributed by atoms with Crippen LogP contribution in [0.4, 0.5) is 5.82 Å². The highest BCUT2D eigenvalue weighted by Crippen LogP contribution is 2.29. The minimum absolute atomic E-state index is 0.0848. The van der Waals surface area contributed by atoms with Crippen LogP contribution in [0.3, 0.4) is 0 Å². The highest BCUT2D eigenvalue weighted by molar-refractivity contribution is 6.32. The second-order valence-electron chi connectivity index (χ2n) is 4.94. The second-order valence-corrected chi connectivity index (χ2v) is 5.32. The first kappa shape index (κ1) is 14.6. The van der Waals surface area contributed by atoms with Crippen LogP contribution in [-0.4, -0.2) is 42.0 Å². The van der Waals surface area contributed by atoms with Crippen LogP contribution < -0.4 is 4.90 Å². The van der Waals surface area contributed by atoms with Gasteiger partial charge >= 0.3 is 0 Å². The molecule has 1 aromatic rings. The quantitative estimate of drug-likeness (QED) is 0.793. The van der Waals surface area contributed by atoms with Crippen molar-refractivity contribution >= 4 is 23.3 Å². The Kier molecular flexibility index (Phi) is 4.15. The van der Waals surface area contributed by atoms with Gasteiger partial charge in [0.1, 0.15) is 11.9 Å². The fourth-order valence-electron chi connectivity index (χ4n) is 2.41. The number of pyridine rings is 1. The lowest BCUT2D eigenvalue weighted by Gasteiger charge is -2.35. The third kappa shape index (κ3) is 2.56. The van der Waals surface area contributed by atoms with Crippen molar-refractivity contribution in [1.82, 2.24) is 9.88 Å². The van der Waals surface area contributed by atoms with E-state index in [9.17, 15) is 10.1 Å². The van der Waals surface area contributed by atoms with E-state index in [0.717, 1.165) is 11.3 Å². The zero-order valence-corrected chi connectivity index (χ0v) is 12.7. The molecule has 0 aliphatic carbocycles. The summed E-state index contributed by atoms with van der Waals surface area (Å²) in [6.45, 7) is 7.93.